The number of rotatable bonds is 5. The molecule has 2 fully saturated rings. The average molecular weight is 331 g/mol. The predicted octanol–water partition coefficient (Wildman–Crippen LogP) is 3.40. The molecule has 0 bridgehead atoms. The molecule has 0 amide bonds. The molecule has 2 saturated heterocycles. The lowest BCUT2D eigenvalue weighted by Crippen LogP contribution is -2.43. The van der Waals surface area contributed by atoms with Gasteiger partial charge in [-0.3, -0.25) is 0 Å². The molecule has 1 aromatic carbocycles. The zero-order valence-corrected chi connectivity index (χ0v) is 14.1. The van der Waals surface area contributed by atoms with Crippen molar-refractivity contribution in [3.63, 3.8) is 0 Å². The number of unbranched alkanes of at least 4 members (excludes halogenated alkanes) is 1. The number of ether oxygens (including phenoxy) is 4. The van der Waals surface area contributed by atoms with Crippen molar-refractivity contribution >= 4 is 0 Å². The number of benzene rings is 1. The third-order valence-electron chi connectivity index (χ3n) is 4.58. The van der Waals surface area contributed by atoms with Crippen LogP contribution >= 0.6 is 0 Å². The van der Waals surface area contributed by atoms with Gasteiger partial charge < -0.3 is 18.9 Å². The molecular formula is C19H25NO4. The van der Waals surface area contributed by atoms with Gasteiger partial charge >= 0.3 is 0 Å². The number of hydrogen-bond donors (Lipinski definition) is 0. The smallest absolute Gasteiger partial charge is 0.183 e. The van der Waals surface area contributed by atoms with Crippen LogP contribution in [0.25, 0.3) is 0 Å². The summed E-state index contributed by atoms with van der Waals surface area (Å²) in [7, 11) is 0. The third kappa shape index (κ3) is 4.34. The lowest BCUT2D eigenvalue weighted by atomic mass is 10.0. The van der Waals surface area contributed by atoms with Gasteiger partial charge in [0.15, 0.2) is 12.6 Å². The molecular weight excluding hydrogens is 306 g/mol. The summed E-state index contributed by atoms with van der Waals surface area (Å²) in [6, 6.07) is 9.40. The van der Waals surface area contributed by atoms with E-state index < -0.39 is 0 Å². The van der Waals surface area contributed by atoms with Gasteiger partial charge in [-0.15, -0.1) is 0 Å². The molecule has 0 saturated carbocycles. The van der Waals surface area contributed by atoms with E-state index in [4.69, 9.17) is 24.2 Å². The van der Waals surface area contributed by atoms with Crippen LogP contribution in [0.4, 0.5) is 0 Å². The molecule has 0 aliphatic carbocycles. The van der Waals surface area contributed by atoms with Crippen molar-refractivity contribution in [1.82, 2.24) is 0 Å². The molecule has 0 aromatic heterocycles. The fourth-order valence-corrected chi connectivity index (χ4v) is 3.07. The first-order chi connectivity index (χ1) is 11.8. The van der Waals surface area contributed by atoms with Crippen molar-refractivity contribution in [2.24, 2.45) is 11.8 Å². The normalized spacial score (nSPS) is 30.7. The first-order valence-electron chi connectivity index (χ1n) is 8.76. The molecule has 3 rings (SSSR count). The Kier molecular flexibility index (Phi) is 6.22. The minimum atomic E-state index is -0.380. The van der Waals surface area contributed by atoms with Crippen molar-refractivity contribution in [2.45, 2.75) is 38.8 Å². The van der Waals surface area contributed by atoms with Crippen LogP contribution in [0.1, 0.15) is 43.6 Å². The van der Waals surface area contributed by atoms with Crippen molar-refractivity contribution in [1.29, 1.82) is 5.26 Å². The van der Waals surface area contributed by atoms with Gasteiger partial charge in [-0.25, -0.2) is 0 Å². The highest BCUT2D eigenvalue weighted by Gasteiger charge is 2.33. The highest BCUT2D eigenvalue weighted by Crippen LogP contribution is 2.29. The van der Waals surface area contributed by atoms with E-state index in [0.29, 0.717) is 24.7 Å². The van der Waals surface area contributed by atoms with E-state index in [0.717, 1.165) is 18.8 Å². The first-order valence-corrected chi connectivity index (χ1v) is 8.76. The van der Waals surface area contributed by atoms with E-state index in [1.165, 1.54) is 19.3 Å². The predicted molar refractivity (Wildman–Crippen MR) is 88.0 cm³/mol. The van der Waals surface area contributed by atoms with Gasteiger partial charge in [0.1, 0.15) is 0 Å². The van der Waals surface area contributed by atoms with Crippen LogP contribution in [-0.2, 0) is 18.9 Å². The minimum absolute atomic E-state index is 0.103. The first kappa shape index (κ1) is 17.4. The fraction of sp³-hybridized carbons (Fsp3) is 0.632. The van der Waals surface area contributed by atoms with Gasteiger partial charge in [0, 0.05) is 11.5 Å². The zero-order valence-electron chi connectivity index (χ0n) is 14.1. The van der Waals surface area contributed by atoms with Gasteiger partial charge in [0.05, 0.1) is 44.0 Å². The summed E-state index contributed by atoms with van der Waals surface area (Å²) in [5.41, 5.74) is 1.56. The maximum atomic E-state index is 8.84. The van der Waals surface area contributed by atoms with Crippen LogP contribution in [0.3, 0.4) is 0 Å². The molecule has 0 N–H and O–H groups in total. The molecule has 0 atom stereocenters. The van der Waals surface area contributed by atoms with Crippen LogP contribution in [0.2, 0.25) is 0 Å². The lowest BCUT2D eigenvalue weighted by Gasteiger charge is -2.37. The van der Waals surface area contributed by atoms with E-state index in [-0.39, 0.29) is 18.5 Å². The molecule has 5 heteroatoms. The van der Waals surface area contributed by atoms with E-state index in [1.54, 1.807) is 12.1 Å². The minimum Gasteiger partial charge on any atom is -0.352 e. The fourth-order valence-electron chi connectivity index (χ4n) is 3.07. The molecule has 130 valence electrons. The molecule has 24 heavy (non-hydrogen) atoms. The Bertz CT molecular complexity index is 537. The maximum absolute atomic E-state index is 8.84. The van der Waals surface area contributed by atoms with Gasteiger partial charge in [-0.2, -0.15) is 5.26 Å². The van der Waals surface area contributed by atoms with E-state index in [1.807, 2.05) is 12.1 Å². The highest BCUT2D eigenvalue weighted by atomic mass is 16.7. The van der Waals surface area contributed by atoms with Crippen LogP contribution < -0.4 is 0 Å². The SMILES string of the molecule is CCCCC1COC(C2COC(c3ccc(C#N)cc3)OC2)OC1. The summed E-state index contributed by atoms with van der Waals surface area (Å²) in [5, 5.41) is 8.84. The molecule has 1 aromatic rings. The molecule has 5 nitrogen and oxygen atoms in total. The quantitative estimate of drug-likeness (QED) is 0.827. The van der Waals surface area contributed by atoms with Gasteiger partial charge in [0.25, 0.3) is 0 Å². The van der Waals surface area contributed by atoms with Crippen LogP contribution in [0.15, 0.2) is 24.3 Å². The molecule has 0 spiro atoms. The topological polar surface area (TPSA) is 60.7 Å². The van der Waals surface area contributed by atoms with E-state index >= 15 is 0 Å². The Hall–Kier alpha value is -1.45. The van der Waals surface area contributed by atoms with E-state index in [2.05, 4.69) is 13.0 Å². The van der Waals surface area contributed by atoms with Crippen LogP contribution in [0, 0.1) is 23.2 Å². The standard InChI is InChI=1S/C19H25NO4/c1-2-3-4-15-10-21-19(22-11-15)17-12-23-18(24-13-17)16-7-5-14(9-20)6-8-16/h5-8,15,17-19H,2-4,10-13H2,1H3. The molecule has 2 aliphatic heterocycles. The Labute approximate surface area is 143 Å². The summed E-state index contributed by atoms with van der Waals surface area (Å²) in [5.74, 6) is 0.616. The van der Waals surface area contributed by atoms with Crippen molar-refractivity contribution in [3.05, 3.63) is 35.4 Å². The number of hydrogen-bond acceptors (Lipinski definition) is 5. The summed E-state index contributed by atoms with van der Waals surface area (Å²) in [6.07, 6.45) is 2.99. The highest BCUT2D eigenvalue weighted by molar-refractivity contribution is 5.32. The molecule has 2 aliphatic rings. The summed E-state index contributed by atoms with van der Waals surface area (Å²) < 4.78 is 23.4. The largest absolute Gasteiger partial charge is 0.352 e. The van der Waals surface area contributed by atoms with Crippen molar-refractivity contribution < 1.29 is 18.9 Å². The zero-order chi connectivity index (χ0) is 16.8. The molecule has 2 heterocycles. The molecule has 0 radical (unpaired) electrons. The Morgan fingerprint density at radius 1 is 1.00 bits per heavy atom. The van der Waals surface area contributed by atoms with Crippen LogP contribution in [0.5, 0.6) is 0 Å². The molecule has 0 unspecified atom stereocenters. The second kappa shape index (κ2) is 8.59. The van der Waals surface area contributed by atoms with Crippen molar-refractivity contribution in [2.75, 3.05) is 26.4 Å². The number of nitriles is 1. The Morgan fingerprint density at radius 2 is 1.67 bits per heavy atom. The van der Waals surface area contributed by atoms with Gasteiger partial charge in [-0.1, -0.05) is 31.9 Å². The summed E-state index contributed by atoms with van der Waals surface area (Å²) >= 11 is 0. The monoisotopic (exact) mass is 331 g/mol. The lowest BCUT2D eigenvalue weighted by molar-refractivity contribution is -0.283. The number of nitrogens with zero attached hydrogens (tertiary/aromatic N) is 1. The third-order valence-corrected chi connectivity index (χ3v) is 4.58. The van der Waals surface area contributed by atoms with Gasteiger partial charge in [-0.05, 0) is 18.6 Å². The Morgan fingerprint density at radius 3 is 2.25 bits per heavy atom. The van der Waals surface area contributed by atoms with E-state index in [9.17, 15) is 0 Å². The summed E-state index contributed by atoms with van der Waals surface area (Å²) in [6.45, 7) is 4.83. The van der Waals surface area contributed by atoms with Gasteiger partial charge in [0.2, 0.25) is 0 Å². The van der Waals surface area contributed by atoms with Crippen LogP contribution in [-0.4, -0.2) is 32.7 Å². The maximum Gasteiger partial charge on any atom is 0.183 e. The average Bonchev–Trinajstić information content (AvgIpc) is 2.67. The second-order valence-corrected chi connectivity index (χ2v) is 6.54. The Balaban J connectivity index is 1.44. The van der Waals surface area contributed by atoms with Crippen molar-refractivity contribution in [3.8, 4) is 6.07 Å². The summed E-state index contributed by atoms with van der Waals surface area (Å²) in [4.78, 5) is 0. The second-order valence-electron chi connectivity index (χ2n) is 6.54.